The molecule has 1 fully saturated rings. The number of hydrogen-bond donors (Lipinski definition) is 1. The fraction of sp³-hybridized carbons (Fsp3) is 0.273. The van der Waals surface area contributed by atoms with Gasteiger partial charge in [0.25, 0.3) is 0 Å². The molecule has 0 aliphatic carbocycles. The van der Waals surface area contributed by atoms with Gasteiger partial charge in [0.15, 0.2) is 5.11 Å². The van der Waals surface area contributed by atoms with Crippen LogP contribution in [-0.4, -0.2) is 26.1 Å². The van der Waals surface area contributed by atoms with Crippen LogP contribution in [0.15, 0.2) is 71.5 Å². The third-order valence-corrected chi connectivity index (χ3v) is 5.83. The molecule has 1 aliphatic heterocycles. The van der Waals surface area contributed by atoms with E-state index in [-0.39, 0.29) is 12.1 Å². The monoisotopic (exact) mass is 454 g/mol. The summed E-state index contributed by atoms with van der Waals surface area (Å²) in [6, 6.07) is 18.8. The van der Waals surface area contributed by atoms with Crippen LogP contribution >= 0.6 is 28.1 Å². The summed E-state index contributed by atoms with van der Waals surface area (Å²) in [4.78, 5) is 6.93. The molecule has 0 saturated carbocycles. The molecule has 28 heavy (non-hydrogen) atoms. The standard InChI is InChI=1S/C22H23BrN4S/c1-15(2)14-27-21(20(25-22(27)28)18-6-3-4-12-24-18)19-7-5-13-26(19)17-10-8-16(23)9-11-17/h3-13,15,20-21H,14H2,1-2H3,(H,25,28)/t20-,21-/m0/s1. The number of nitrogens with one attached hydrogen (secondary N) is 1. The molecule has 3 heterocycles. The van der Waals surface area contributed by atoms with Crippen molar-refractivity contribution in [1.29, 1.82) is 0 Å². The van der Waals surface area contributed by atoms with Gasteiger partial charge in [-0.2, -0.15) is 0 Å². The Morgan fingerprint density at radius 1 is 1.11 bits per heavy atom. The SMILES string of the molecule is CC(C)CN1C(=S)N[C@@H](c2ccccn2)[C@@H]1c1cccn1-c1ccc(Br)cc1. The van der Waals surface area contributed by atoms with Crippen molar-refractivity contribution in [2.45, 2.75) is 25.9 Å². The quantitative estimate of drug-likeness (QED) is 0.532. The fourth-order valence-electron chi connectivity index (χ4n) is 3.79. The van der Waals surface area contributed by atoms with E-state index in [1.54, 1.807) is 0 Å². The average Bonchev–Trinajstić information content (AvgIpc) is 3.28. The van der Waals surface area contributed by atoms with E-state index >= 15 is 0 Å². The van der Waals surface area contributed by atoms with E-state index in [0.717, 1.165) is 27.5 Å². The van der Waals surface area contributed by atoms with Crippen molar-refractivity contribution < 1.29 is 0 Å². The largest absolute Gasteiger partial charge is 0.352 e. The summed E-state index contributed by atoms with van der Waals surface area (Å²) >= 11 is 9.26. The van der Waals surface area contributed by atoms with Crippen molar-refractivity contribution in [3.05, 3.63) is 82.9 Å². The van der Waals surface area contributed by atoms with Crippen LogP contribution in [0, 0.1) is 5.92 Å². The van der Waals surface area contributed by atoms with Crippen molar-refractivity contribution in [3.8, 4) is 5.69 Å². The number of thiocarbonyl (C=S) groups is 1. The fourth-order valence-corrected chi connectivity index (χ4v) is 4.37. The summed E-state index contributed by atoms with van der Waals surface area (Å²) < 4.78 is 3.32. The molecule has 2 aromatic heterocycles. The molecule has 144 valence electrons. The molecular weight excluding hydrogens is 432 g/mol. The van der Waals surface area contributed by atoms with Gasteiger partial charge in [0, 0.05) is 34.8 Å². The van der Waals surface area contributed by atoms with Crippen LogP contribution in [0.2, 0.25) is 0 Å². The van der Waals surface area contributed by atoms with E-state index in [1.807, 2.05) is 18.3 Å². The highest BCUT2D eigenvalue weighted by atomic mass is 79.9. The van der Waals surface area contributed by atoms with Gasteiger partial charge in [-0.25, -0.2) is 0 Å². The maximum absolute atomic E-state index is 5.74. The highest BCUT2D eigenvalue weighted by Gasteiger charge is 2.41. The zero-order chi connectivity index (χ0) is 19.7. The summed E-state index contributed by atoms with van der Waals surface area (Å²) in [5.41, 5.74) is 3.33. The molecule has 0 amide bonds. The number of rotatable bonds is 5. The Bertz CT molecular complexity index is 952. The molecule has 0 bridgehead atoms. The Hall–Kier alpha value is -2.18. The lowest BCUT2D eigenvalue weighted by atomic mass is 10.0. The van der Waals surface area contributed by atoms with Gasteiger partial charge in [0.2, 0.25) is 0 Å². The second kappa shape index (κ2) is 8.05. The second-order valence-electron chi connectivity index (χ2n) is 7.45. The smallest absolute Gasteiger partial charge is 0.170 e. The first-order valence-corrected chi connectivity index (χ1v) is 10.7. The number of nitrogens with zero attached hydrogens (tertiary/aromatic N) is 3. The van der Waals surface area contributed by atoms with Crippen LogP contribution in [0.25, 0.3) is 5.69 Å². The summed E-state index contributed by atoms with van der Waals surface area (Å²) in [5.74, 6) is 0.501. The maximum Gasteiger partial charge on any atom is 0.170 e. The Labute approximate surface area is 179 Å². The molecule has 0 unspecified atom stereocenters. The first kappa shape index (κ1) is 19.2. The normalized spacial score (nSPS) is 19.3. The van der Waals surface area contributed by atoms with Gasteiger partial charge in [-0.3, -0.25) is 4.98 Å². The first-order valence-electron chi connectivity index (χ1n) is 9.46. The van der Waals surface area contributed by atoms with E-state index in [1.165, 1.54) is 5.69 Å². The van der Waals surface area contributed by atoms with Gasteiger partial charge < -0.3 is 14.8 Å². The van der Waals surface area contributed by atoms with Gasteiger partial charge in [0.1, 0.15) is 0 Å². The highest BCUT2D eigenvalue weighted by molar-refractivity contribution is 9.10. The van der Waals surface area contributed by atoms with Crippen LogP contribution in [0.4, 0.5) is 0 Å². The first-order chi connectivity index (χ1) is 13.5. The molecule has 1 N–H and O–H groups in total. The predicted molar refractivity (Wildman–Crippen MR) is 120 cm³/mol. The molecule has 4 nitrogen and oxygen atoms in total. The number of benzene rings is 1. The molecule has 4 rings (SSSR count). The van der Waals surface area contributed by atoms with Crippen LogP contribution in [0.1, 0.15) is 37.3 Å². The van der Waals surface area contributed by atoms with E-state index in [2.05, 4.69) is 98.2 Å². The molecule has 2 atom stereocenters. The molecule has 1 aromatic carbocycles. The third kappa shape index (κ3) is 3.71. The topological polar surface area (TPSA) is 33.1 Å². The summed E-state index contributed by atoms with van der Waals surface area (Å²) in [5, 5.41) is 4.32. The van der Waals surface area contributed by atoms with Crippen LogP contribution in [-0.2, 0) is 0 Å². The van der Waals surface area contributed by atoms with Gasteiger partial charge in [-0.15, -0.1) is 0 Å². The Morgan fingerprint density at radius 3 is 2.57 bits per heavy atom. The molecule has 1 saturated heterocycles. The second-order valence-corrected chi connectivity index (χ2v) is 8.75. The molecule has 6 heteroatoms. The average molecular weight is 455 g/mol. The molecule has 3 aromatic rings. The molecule has 0 radical (unpaired) electrons. The van der Waals surface area contributed by atoms with Gasteiger partial charge in [-0.05, 0) is 66.7 Å². The lowest BCUT2D eigenvalue weighted by molar-refractivity contribution is 0.280. The number of halogens is 1. The van der Waals surface area contributed by atoms with E-state index in [9.17, 15) is 0 Å². The zero-order valence-electron chi connectivity index (χ0n) is 15.9. The van der Waals surface area contributed by atoms with Crippen LogP contribution in [0.3, 0.4) is 0 Å². The van der Waals surface area contributed by atoms with Crippen LogP contribution in [0.5, 0.6) is 0 Å². The lowest BCUT2D eigenvalue weighted by Gasteiger charge is -2.30. The molecule has 0 spiro atoms. The number of hydrogen-bond acceptors (Lipinski definition) is 2. The maximum atomic E-state index is 5.74. The van der Waals surface area contributed by atoms with Crippen LogP contribution < -0.4 is 5.32 Å². The van der Waals surface area contributed by atoms with E-state index in [4.69, 9.17) is 12.2 Å². The number of pyridine rings is 1. The molecular formula is C22H23BrN4S. The predicted octanol–water partition coefficient (Wildman–Crippen LogP) is 5.26. The lowest BCUT2D eigenvalue weighted by Crippen LogP contribution is -2.33. The minimum atomic E-state index is 0.0107. The minimum absolute atomic E-state index is 0.0107. The highest BCUT2D eigenvalue weighted by Crippen LogP contribution is 2.39. The van der Waals surface area contributed by atoms with Crippen molar-refractivity contribution in [1.82, 2.24) is 19.8 Å². The Kier molecular flexibility index (Phi) is 5.51. The van der Waals surface area contributed by atoms with E-state index in [0.29, 0.717) is 5.92 Å². The van der Waals surface area contributed by atoms with Gasteiger partial charge >= 0.3 is 0 Å². The Balaban J connectivity index is 1.80. The van der Waals surface area contributed by atoms with E-state index < -0.39 is 0 Å². The summed E-state index contributed by atoms with van der Waals surface area (Å²) in [6.45, 7) is 5.34. The zero-order valence-corrected chi connectivity index (χ0v) is 18.3. The van der Waals surface area contributed by atoms with Crippen molar-refractivity contribution >= 4 is 33.3 Å². The third-order valence-electron chi connectivity index (χ3n) is 4.95. The summed E-state index contributed by atoms with van der Waals surface area (Å²) in [7, 11) is 0. The number of aromatic nitrogens is 2. The minimum Gasteiger partial charge on any atom is -0.352 e. The van der Waals surface area contributed by atoms with Crippen molar-refractivity contribution in [2.75, 3.05) is 6.54 Å². The summed E-state index contributed by atoms with van der Waals surface area (Å²) in [6.07, 6.45) is 3.96. The molecule has 1 aliphatic rings. The van der Waals surface area contributed by atoms with Crippen molar-refractivity contribution in [2.24, 2.45) is 5.92 Å². The van der Waals surface area contributed by atoms with Gasteiger partial charge in [0.05, 0.1) is 17.8 Å². The Morgan fingerprint density at radius 2 is 1.89 bits per heavy atom. The van der Waals surface area contributed by atoms with Crippen molar-refractivity contribution in [3.63, 3.8) is 0 Å². The van der Waals surface area contributed by atoms with Gasteiger partial charge in [-0.1, -0.05) is 35.8 Å².